The van der Waals surface area contributed by atoms with Crippen LogP contribution >= 0.6 is 0 Å². The Morgan fingerprint density at radius 1 is 1.11 bits per heavy atom. The summed E-state index contributed by atoms with van der Waals surface area (Å²) in [5.41, 5.74) is 1.34. The lowest BCUT2D eigenvalue weighted by Gasteiger charge is -2.21. The predicted molar refractivity (Wildman–Crippen MR) is 71.9 cm³/mol. The highest BCUT2D eigenvalue weighted by molar-refractivity contribution is 6.06. The van der Waals surface area contributed by atoms with Crippen molar-refractivity contribution in [3.63, 3.8) is 0 Å². The van der Waals surface area contributed by atoms with Crippen molar-refractivity contribution >= 4 is 11.6 Å². The van der Waals surface area contributed by atoms with Crippen LogP contribution in [0.2, 0.25) is 0 Å². The van der Waals surface area contributed by atoms with Crippen LogP contribution in [0.5, 0.6) is 5.75 Å². The average molecular weight is 241 g/mol. The summed E-state index contributed by atoms with van der Waals surface area (Å²) in [6.07, 6.45) is 0. The average Bonchev–Trinajstić information content (AvgIpc) is 2.41. The minimum atomic E-state index is -0.111. The summed E-state index contributed by atoms with van der Waals surface area (Å²) in [7, 11) is 0. The van der Waals surface area contributed by atoms with E-state index in [1.54, 1.807) is 23.1 Å². The lowest BCUT2D eigenvalue weighted by Crippen LogP contribution is -2.30. The number of hydrogen-bond acceptors (Lipinski definition) is 2. The van der Waals surface area contributed by atoms with Crippen molar-refractivity contribution in [1.82, 2.24) is 0 Å². The molecule has 3 heteroatoms. The summed E-state index contributed by atoms with van der Waals surface area (Å²) in [5.74, 6) is -0.00966. The first kappa shape index (κ1) is 12.2. The molecule has 0 radical (unpaired) electrons. The van der Waals surface area contributed by atoms with Gasteiger partial charge in [0.05, 0.1) is 0 Å². The molecule has 0 heterocycles. The molecule has 0 aliphatic rings. The Labute approximate surface area is 106 Å². The van der Waals surface area contributed by atoms with Gasteiger partial charge in [-0.3, -0.25) is 4.79 Å². The van der Waals surface area contributed by atoms with E-state index in [0.29, 0.717) is 12.1 Å². The van der Waals surface area contributed by atoms with Gasteiger partial charge < -0.3 is 10.0 Å². The lowest BCUT2D eigenvalue weighted by molar-refractivity contribution is 0.0988. The van der Waals surface area contributed by atoms with E-state index in [1.807, 2.05) is 37.3 Å². The maximum atomic E-state index is 12.3. The van der Waals surface area contributed by atoms with E-state index in [-0.39, 0.29) is 11.7 Å². The van der Waals surface area contributed by atoms with Gasteiger partial charge in [0.25, 0.3) is 5.91 Å². The van der Waals surface area contributed by atoms with Gasteiger partial charge in [-0.25, -0.2) is 0 Å². The normalized spacial score (nSPS) is 10.1. The van der Waals surface area contributed by atoms with Gasteiger partial charge in [-0.15, -0.1) is 0 Å². The molecule has 1 amide bonds. The highest BCUT2D eigenvalue weighted by Gasteiger charge is 2.15. The first-order valence-corrected chi connectivity index (χ1v) is 5.88. The highest BCUT2D eigenvalue weighted by atomic mass is 16.3. The standard InChI is InChI=1S/C15H15NO2/c1-2-16(13-8-4-3-5-9-13)15(18)12-7-6-10-14(17)11-12/h3-11,17H,2H2,1H3. The number of anilines is 1. The molecule has 2 aromatic carbocycles. The van der Waals surface area contributed by atoms with E-state index < -0.39 is 0 Å². The minimum absolute atomic E-state index is 0.102. The van der Waals surface area contributed by atoms with Crippen molar-refractivity contribution in [3.8, 4) is 5.75 Å². The molecule has 0 saturated heterocycles. The first-order chi connectivity index (χ1) is 8.72. The fourth-order valence-corrected chi connectivity index (χ4v) is 1.85. The van der Waals surface area contributed by atoms with Gasteiger partial charge in [0.2, 0.25) is 0 Å². The first-order valence-electron chi connectivity index (χ1n) is 5.88. The number of amides is 1. The van der Waals surface area contributed by atoms with E-state index >= 15 is 0 Å². The van der Waals surface area contributed by atoms with Gasteiger partial charge in [-0.05, 0) is 37.3 Å². The molecule has 0 spiro atoms. The van der Waals surface area contributed by atoms with Crippen molar-refractivity contribution in [2.24, 2.45) is 0 Å². The number of para-hydroxylation sites is 1. The van der Waals surface area contributed by atoms with Crippen LogP contribution in [0.4, 0.5) is 5.69 Å². The Balaban J connectivity index is 2.32. The molecule has 0 aliphatic heterocycles. The number of hydrogen-bond donors (Lipinski definition) is 1. The molecule has 0 fully saturated rings. The second kappa shape index (κ2) is 5.36. The lowest BCUT2D eigenvalue weighted by atomic mass is 10.1. The minimum Gasteiger partial charge on any atom is -0.508 e. The zero-order valence-corrected chi connectivity index (χ0v) is 10.2. The van der Waals surface area contributed by atoms with Crippen molar-refractivity contribution in [2.75, 3.05) is 11.4 Å². The fourth-order valence-electron chi connectivity index (χ4n) is 1.85. The molecule has 0 atom stereocenters. The monoisotopic (exact) mass is 241 g/mol. The predicted octanol–water partition coefficient (Wildman–Crippen LogP) is 3.06. The van der Waals surface area contributed by atoms with Crippen LogP contribution < -0.4 is 4.90 Å². The summed E-state index contributed by atoms with van der Waals surface area (Å²) in [5, 5.41) is 9.42. The third-order valence-corrected chi connectivity index (χ3v) is 2.72. The van der Waals surface area contributed by atoms with Crippen LogP contribution in [0.25, 0.3) is 0 Å². The molecule has 0 bridgehead atoms. The largest absolute Gasteiger partial charge is 0.508 e. The van der Waals surface area contributed by atoms with Crippen LogP contribution in [0.3, 0.4) is 0 Å². The Bertz CT molecular complexity index is 537. The van der Waals surface area contributed by atoms with E-state index in [2.05, 4.69) is 0 Å². The molecular weight excluding hydrogens is 226 g/mol. The van der Waals surface area contributed by atoms with Gasteiger partial charge in [0, 0.05) is 17.8 Å². The van der Waals surface area contributed by atoms with Crippen molar-refractivity contribution < 1.29 is 9.90 Å². The molecule has 2 aromatic rings. The Morgan fingerprint density at radius 2 is 1.83 bits per heavy atom. The second-order valence-electron chi connectivity index (χ2n) is 3.94. The molecule has 0 aliphatic carbocycles. The number of aromatic hydroxyl groups is 1. The molecule has 3 nitrogen and oxygen atoms in total. The van der Waals surface area contributed by atoms with Gasteiger partial charge in [0.1, 0.15) is 5.75 Å². The van der Waals surface area contributed by atoms with Gasteiger partial charge in [-0.2, -0.15) is 0 Å². The molecule has 1 N–H and O–H groups in total. The van der Waals surface area contributed by atoms with E-state index in [9.17, 15) is 9.90 Å². The molecule has 0 saturated carbocycles. The zero-order chi connectivity index (χ0) is 13.0. The number of nitrogens with zero attached hydrogens (tertiary/aromatic N) is 1. The van der Waals surface area contributed by atoms with Crippen molar-refractivity contribution in [2.45, 2.75) is 6.92 Å². The Kier molecular flexibility index (Phi) is 3.63. The van der Waals surface area contributed by atoms with E-state index in [0.717, 1.165) is 5.69 Å². The molecule has 0 aromatic heterocycles. The molecule has 92 valence electrons. The van der Waals surface area contributed by atoms with Gasteiger partial charge in [-0.1, -0.05) is 24.3 Å². The topological polar surface area (TPSA) is 40.5 Å². The van der Waals surface area contributed by atoms with Crippen LogP contribution in [-0.2, 0) is 0 Å². The van der Waals surface area contributed by atoms with Crippen LogP contribution in [0.15, 0.2) is 54.6 Å². The molecule has 0 unspecified atom stereocenters. The summed E-state index contributed by atoms with van der Waals surface area (Å²) in [6.45, 7) is 2.51. The summed E-state index contributed by atoms with van der Waals surface area (Å²) in [6, 6.07) is 15.9. The van der Waals surface area contributed by atoms with Crippen LogP contribution in [0, 0.1) is 0 Å². The SMILES string of the molecule is CCN(C(=O)c1cccc(O)c1)c1ccccc1. The van der Waals surface area contributed by atoms with E-state index in [1.165, 1.54) is 6.07 Å². The van der Waals surface area contributed by atoms with Crippen LogP contribution in [0.1, 0.15) is 17.3 Å². The van der Waals surface area contributed by atoms with Crippen molar-refractivity contribution in [1.29, 1.82) is 0 Å². The summed E-state index contributed by atoms with van der Waals surface area (Å²) < 4.78 is 0. The van der Waals surface area contributed by atoms with Crippen molar-refractivity contribution in [3.05, 3.63) is 60.2 Å². The second-order valence-corrected chi connectivity index (χ2v) is 3.94. The Morgan fingerprint density at radius 3 is 2.44 bits per heavy atom. The number of rotatable bonds is 3. The summed E-state index contributed by atoms with van der Waals surface area (Å²) in [4.78, 5) is 14.0. The Hall–Kier alpha value is -2.29. The number of benzene rings is 2. The number of phenolic OH excluding ortho intramolecular Hbond substituents is 1. The molecular formula is C15H15NO2. The molecule has 18 heavy (non-hydrogen) atoms. The van der Waals surface area contributed by atoms with Gasteiger partial charge >= 0.3 is 0 Å². The maximum absolute atomic E-state index is 12.3. The third kappa shape index (κ3) is 2.51. The van der Waals surface area contributed by atoms with Gasteiger partial charge in [0.15, 0.2) is 0 Å². The fraction of sp³-hybridized carbons (Fsp3) is 0.133. The van der Waals surface area contributed by atoms with E-state index in [4.69, 9.17) is 0 Å². The molecule has 2 rings (SSSR count). The smallest absolute Gasteiger partial charge is 0.258 e. The zero-order valence-electron chi connectivity index (χ0n) is 10.2. The summed E-state index contributed by atoms with van der Waals surface area (Å²) >= 11 is 0. The number of carbonyl (C=O) groups is 1. The highest BCUT2D eigenvalue weighted by Crippen LogP contribution is 2.18. The quantitative estimate of drug-likeness (QED) is 0.897. The maximum Gasteiger partial charge on any atom is 0.258 e. The number of phenols is 1. The third-order valence-electron chi connectivity index (χ3n) is 2.72. The van der Waals surface area contributed by atoms with Crippen LogP contribution in [-0.4, -0.2) is 17.6 Å². The number of carbonyl (C=O) groups excluding carboxylic acids is 1.